The van der Waals surface area contributed by atoms with Crippen molar-refractivity contribution in [2.45, 2.75) is 12.5 Å². The monoisotopic (exact) mass is 367 g/mol. The molecule has 1 aliphatic heterocycles. The van der Waals surface area contributed by atoms with Crippen LogP contribution in [0.1, 0.15) is 12.5 Å². The molecule has 0 bridgehead atoms. The molecule has 0 spiro atoms. The molecule has 1 atom stereocenters. The van der Waals surface area contributed by atoms with Crippen molar-refractivity contribution >= 4 is 35.1 Å². The lowest BCUT2D eigenvalue weighted by molar-refractivity contribution is -0.123. The van der Waals surface area contributed by atoms with Gasteiger partial charge in [0.05, 0.1) is 6.42 Å². The summed E-state index contributed by atoms with van der Waals surface area (Å²) >= 11 is 5.91. The van der Waals surface area contributed by atoms with Crippen LogP contribution in [0.3, 0.4) is 0 Å². The lowest BCUT2D eigenvalue weighted by Gasteiger charge is -2.10. The summed E-state index contributed by atoms with van der Waals surface area (Å²) in [6, 6.07) is 15.5. The Hall–Kier alpha value is -3.19. The van der Waals surface area contributed by atoms with E-state index in [9.17, 15) is 9.59 Å². The summed E-state index contributed by atoms with van der Waals surface area (Å²) in [5, 5.41) is 10.3. The van der Waals surface area contributed by atoms with Gasteiger partial charge in [0.1, 0.15) is 6.04 Å². The van der Waals surface area contributed by atoms with Gasteiger partial charge in [-0.25, -0.2) is 4.68 Å². The first-order valence-electron chi connectivity index (χ1n) is 7.98. The number of anilines is 2. The first-order chi connectivity index (χ1) is 12.6. The van der Waals surface area contributed by atoms with Crippen LogP contribution in [0, 0.1) is 0 Å². The third-order valence-corrected chi connectivity index (χ3v) is 4.22. The maximum absolute atomic E-state index is 12.3. The molecule has 0 saturated carbocycles. The van der Waals surface area contributed by atoms with Crippen molar-refractivity contribution in [3.05, 3.63) is 59.6 Å². The molecule has 0 saturated heterocycles. The van der Waals surface area contributed by atoms with Crippen LogP contribution in [-0.4, -0.2) is 26.6 Å². The van der Waals surface area contributed by atoms with Crippen molar-refractivity contribution in [1.29, 1.82) is 0 Å². The summed E-state index contributed by atoms with van der Waals surface area (Å²) in [6.45, 7) is 0. The lowest BCUT2D eigenvalue weighted by atomic mass is 10.2. The van der Waals surface area contributed by atoms with E-state index < -0.39 is 6.04 Å². The first-order valence-corrected chi connectivity index (χ1v) is 8.36. The van der Waals surface area contributed by atoms with Gasteiger partial charge in [0.25, 0.3) is 5.91 Å². The third-order valence-electron chi connectivity index (χ3n) is 3.98. The number of rotatable bonds is 4. The van der Waals surface area contributed by atoms with Crippen molar-refractivity contribution in [3.63, 3.8) is 0 Å². The Morgan fingerprint density at radius 3 is 2.77 bits per heavy atom. The van der Waals surface area contributed by atoms with Crippen LogP contribution in [0.25, 0.3) is 11.4 Å². The van der Waals surface area contributed by atoms with E-state index in [0.717, 1.165) is 5.56 Å². The van der Waals surface area contributed by atoms with E-state index in [2.05, 4.69) is 20.7 Å². The maximum Gasteiger partial charge on any atom is 0.252 e. The average Bonchev–Trinajstić information content (AvgIpc) is 3.15. The van der Waals surface area contributed by atoms with Crippen molar-refractivity contribution in [2.24, 2.45) is 0 Å². The second kappa shape index (κ2) is 6.61. The van der Waals surface area contributed by atoms with Gasteiger partial charge in [-0.3, -0.25) is 14.9 Å². The quantitative estimate of drug-likeness (QED) is 0.741. The Kier molecular flexibility index (Phi) is 4.14. The van der Waals surface area contributed by atoms with Gasteiger partial charge < -0.3 is 5.32 Å². The molecule has 1 aromatic heterocycles. The zero-order chi connectivity index (χ0) is 18.1. The van der Waals surface area contributed by atoms with E-state index in [4.69, 9.17) is 11.6 Å². The Morgan fingerprint density at radius 2 is 2.00 bits per heavy atom. The van der Waals surface area contributed by atoms with Gasteiger partial charge in [0, 0.05) is 16.3 Å². The highest BCUT2D eigenvalue weighted by Crippen LogP contribution is 2.28. The van der Waals surface area contributed by atoms with Crippen molar-refractivity contribution in [3.8, 4) is 11.4 Å². The number of amides is 2. The van der Waals surface area contributed by atoms with Gasteiger partial charge in [-0.15, -0.1) is 5.10 Å². The van der Waals surface area contributed by atoms with Crippen LogP contribution in [0.15, 0.2) is 54.6 Å². The van der Waals surface area contributed by atoms with E-state index in [0.29, 0.717) is 22.5 Å². The molecule has 1 aliphatic rings. The SMILES string of the molecule is O=C(C[C@H]1C(=O)Nc2nc(-c3ccccc3)nn21)Nc1cccc(Cl)c1. The number of hydrogen-bond acceptors (Lipinski definition) is 4. The van der Waals surface area contributed by atoms with Gasteiger partial charge in [-0.05, 0) is 18.2 Å². The molecule has 4 rings (SSSR count). The van der Waals surface area contributed by atoms with Crippen molar-refractivity contribution in [2.75, 3.05) is 10.6 Å². The molecule has 0 radical (unpaired) electrons. The number of aromatic nitrogens is 3. The molecule has 2 amide bonds. The standard InChI is InChI=1S/C18H14ClN5O2/c19-12-7-4-8-13(9-12)20-15(25)10-14-17(26)22-18-21-16(23-24(14)18)11-5-2-1-3-6-11/h1-9,14H,10H2,(H,20,25)(H,21,22,23,26)/t14-/m0/s1. The van der Waals surface area contributed by atoms with Crippen LogP contribution >= 0.6 is 11.6 Å². The molecule has 26 heavy (non-hydrogen) atoms. The zero-order valence-corrected chi connectivity index (χ0v) is 14.3. The summed E-state index contributed by atoms with van der Waals surface area (Å²) in [7, 11) is 0. The van der Waals surface area contributed by atoms with E-state index in [-0.39, 0.29) is 18.2 Å². The smallest absolute Gasteiger partial charge is 0.252 e. The Balaban J connectivity index is 1.52. The topological polar surface area (TPSA) is 88.9 Å². The Bertz CT molecular complexity index is 986. The number of carbonyl (C=O) groups is 2. The molecular weight excluding hydrogens is 354 g/mol. The first kappa shape index (κ1) is 16.3. The fraction of sp³-hybridized carbons (Fsp3) is 0.111. The summed E-state index contributed by atoms with van der Waals surface area (Å²) in [4.78, 5) is 28.8. The summed E-state index contributed by atoms with van der Waals surface area (Å²) in [5.41, 5.74) is 1.41. The highest BCUT2D eigenvalue weighted by molar-refractivity contribution is 6.30. The van der Waals surface area contributed by atoms with E-state index >= 15 is 0 Å². The fourth-order valence-electron chi connectivity index (χ4n) is 2.77. The molecular formula is C18H14ClN5O2. The van der Waals surface area contributed by atoms with Crippen LogP contribution in [0.5, 0.6) is 0 Å². The molecule has 7 nitrogen and oxygen atoms in total. The van der Waals surface area contributed by atoms with E-state index in [1.165, 1.54) is 4.68 Å². The lowest BCUT2D eigenvalue weighted by Crippen LogP contribution is -2.23. The van der Waals surface area contributed by atoms with Crippen LogP contribution < -0.4 is 10.6 Å². The minimum absolute atomic E-state index is 0.0526. The van der Waals surface area contributed by atoms with Crippen molar-refractivity contribution in [1.82, 2.24) is 14.8 Å². The number of hydrogen-bond donors (Lipinski definition) is 2. The molecule has 0 aliphatic carbocycles. The third kappa shape index (κ3) is 3.16. The van der Waals surface area contributed by atoms with E-state index in [1.807, 2.05) is 30.3 Å². The largest absolute Gasteiger partial charge is 0.326 e. The van der Waals surface area contributed by atoms with Gasteiger partial charge in [-0.1, -0.05) is 48.0 Å². The predicted molar refractivity (Wildman–Crippen MR) is 97.8 cm³/mol. The molecule has 8 heteroatoms. The van der Waals surface area contributed by atoms with Crippen molar-refractivity contribution < 1.29 is 9.59 Å². The number of carbonyl (C=O) groups excluding carboxylic acids is 2. The number of fused-ring (bicyclic) bond motifs is 1. The predicted octanol–water partition coefficient (Wildman–Crippen LogP) is 3.12. The molecule has 0 unspecified atom stereocenters. The van der Waals surface area contributed by atoms with Gasteiger partial charge in [0.2, 0.25) is 11.9 Å². The number of nitrogens with zero attached hydrogens (tertiary/aromatic N) is 3. The molecule has 2 aromatic carbocycles. The number of nitrogens with one attached hydrogen (secondary N) is 2. The van der Waals surface area contributed by atoms with Gasteiger partial charge in [-0.2, -0.15) is 4.98 Å². The summed E-state index contributed by atoms with van der Waals surface area (Å²) < 4.78 is 1.46. The second-order valence-electron chi connectivity index (χ2n) is 5.84. The Labute approximate surface area is 154 Å². The normalized spacial score (nSPS) is 15.4. The molecule has 0 fully saturated rings. The zero-order valence-electron chi connectivity index (χ0n) is 13.5. The maximum atomic E-state index is 12.3. The molecule has 2 N–H and O–H groups in total. The Morgan fingerprint density at radius 1 is 1.19 bits per heavy atom. The van der Waals surface area contributed by atoms with Gasteiger partial charge in [0.15, 0.2) is 5.82 Å². The molecule has 130 valence electrons. The molecule has 3 aromatic rings. The number of halogens is 1. The minimum Gasteiger partial charge on any atom is -0.326 e. The average molecular weight is 368 g/mol. The highest BCUT2D eigenvalue weighted by Gasteiger charge is 2.35. The molecule has 2 heterocycles. The summed E-state index contributed by atoms with van der Waals surface area (Å²) in [6.07, 6.45) is -0.0526. The fourth-order valence-corrected chi connectivity index (χ4v) is 2.96. The van der Waals surface area contributed by atoms with Gasteiger partial charge >= 0.3 is 0 Å². The summed E-state index contributed by atoms with van der Waals surface area (Å²) in [5.74, 6) is 0.230. The minimum atomic E-state index is -0.742. The van der Waals surface area contributed by atoms with Crippen LogP contribution in [0.4, 0.5) is 11.6 Å². The number of benzene rings is 2. The van der Waals surface area contributed by atoms with Crippen LogP contribution in [-0.2, 0) is 9.59 Å². The van der Waals surface area contributed by atoms with E-state index in [1.54, 1.807) is 24.3 Å². The van der Waals surface area contributed by atoms with Crippen LogP contribution in [0.2, 0.25) is 5.02 Å². The highest BCUT2D eigenvalue weighted by atomic mass is 35.5. The second-order valence-corrected chi connectivity index (χ2v) is 6.27.